The zero-order chi connectivity index (χ0) is 21.1. The number of hydrogen-bond acceptors (Lipinski definition) is 4. The number of carbonyl (C=O) groups excluding carboxylic acids is 1. The number of hydrogen-bond donors (Lipinski definition) is 0. The van der Waals surface area contributed by atoms with Gasteiger partial charge in [0, 0.05) is 18.7 Å². The zero-order valence-corrected chi connectivity index (χ0v) is 17.7. The maximum Gasteiger partial charge on any atom is 0.257 e. The lowest BCUT2D eigenvalue weighted by Gasteiger charge is -2.25. The number of aryl methyl sites for hydroxylation is 1. The van der Waals surface area contributed by atoms with Gasteiger partial charge in [-0.15, -0.1) is 0 Å². The number of para-hydroxylation sites is 1. The highest BCUT2D eigenvalue weighted by molar-refractivity contribution is 5.95. The molecule has 1 amide bonds. The number of aromatic nitrogens is 2. The van der Waals surface area contributed by atoms with Crippen LogP contribution in [-0.2, 0) is 13.0 Å². The fraction of sp³-hybridized carbons (Fsp3) is 0.333. The summed E-state index contributed by atoms with van der Waals surface area (Å²) in [5.74, 6) is 1.45. The summed E-state index contributed by atoms with van der Waals surface area (Å²) in [6.07, 6.45) is 2.40. The van der Waals surface area contributed by atoms with Crippen molar-refractivity contribution < 1.29 is 14.3 Å². The van der Waals surface area contributed by atoms with E-state index in [0.29, 0.717) is 38.3 Å². The van der Waals surface area contributed by atoms with E-state index in [1.54, 1.807) is 6.20 Å². The molecule has 0 radical (unpaired) electrons. The van der Waals surface area contributed by atoms with Gasteiger partial charge in [0.15, 0.2) is 11.5 Å². The fourth-order valence-corrected chi connectivity index (χ4v) is 3.76. The Hall–Kier alpha value is -3.28. The van der Waals surface area contributed by atoms with Gasteiger partial charge in [0.1, 0.15) is 13.2 Å². The molecule has 2 heterocycles. The van der Waals surface area contributed by atoms with Gasteiger partial charge in [0.2, 0.25) is 0 Å². The molecule has 0 aliphatic carbocycles. The summed E-state index contributed by atoms with van der Waals surface area (Å²) in [6, 6.07) is 14.0. The van der Waals surface area contributed by atoms with Crippen molar-refractivity contribution in [3.05, 3.63) is 71.0 Å². The highest BCUT2D eigenvalue weighted by Crippen LogP contribution is 2.34. The molecule has 0 spiro atoms. The Labute approximate surface area is 177 Å². The van der Waals surface area contributed by atoms with Crippen molar-refractivity contribution in [3.8, 4) is 17.2 Å². The van der Waals surface area contributed by atoms with E-state index in [1.165, 1.54) is 5.56 Å². The lowest BCUT2D eigenvalue weighted by atomic mass is 10.1. The summed E-state index contributed by atoms with van der Waals surface area (Å²) in [4.78, 5) is 15.3. The van der Waals surface area contributed by atoms with Crippen LogP contribution >= 0.6 is 0 Å². The molecule has 6 heteroatoms. The van der Waals surface area contributed by atoms with E-state index in [9.17, 15) is 4.79 Å². The van der Waals surface area contributed by atoms with Crippen molar-refractivity contribution in [3.63, 3.8) is 0 Å². The van der Waals surface area contributed by atoms with E-state index in [0.717, 1.165) is 28.4 Å². The average Bonchev–Trinajstić information content (AvgIpc) is 3.21. The van der Waals surface area contributed by atoms with Gasteiger partial charge in [-0.2, -0.15) is 5.10 Å². The lowest BCUT2D eigenvalue weighted by molar-refractivity contribution is 0.0748. The third-order valence-corrected chi connectivity index (χ3v) is 5.39. The molecule has 6 nitrogen and oxygen atoms in total. The lowest BCUT2D eigenvalue weighted by Crippen LogP contribution is -2.31. The van der Waals surface area contributed by atoms with Crippen molar-refractivity contribution in [2.24, 2.45) is 0 Å². The highest BCUT2D eigenvalue weighted by atomic mass is 16.6. The second-order valence-corrected chi connectivity index (χ2v) is 7.37. The smallest absolute Gasteiger partial charge is 0.257 e. The van der Waals surface area contributed by atoms with Gasteiger partial charge in [-0.25, -0.2) is 4.68 Å². The molecule has 3 aromatic rings. The van der Waals surface area contributed by atoms with Crippen molar-refractivity contribution in [2.75, 3.05) is 19.8 Å². The number of amides is 1. The molecule has 30 heavy (non-hydrogen) atoms. The second-order valence-electron chi connectivity index (χ2n) is 7.37. The fourth-order valence-electron chi connectivity index (χ4n) is 3.76. The number of fused-ring (bicyclic) bond motifs is 1. The molecule has 0 fully saturated rings. The third-order valence-electron chi connectivity index (χ3n) is 5.39. The Balaban J connectivity index is 1.62. The average molecular weight is 405 g/mol. The van der Waals surface area contributed by atoms with Crippen LogP contribution in [0.2, 0.25) is 0 Å². The first-order valence-electron chi connectivity index (χ1n) is 10.4. The van der Waals surface area contributed by atoms with E-state index in [-0.39, 0.29) is 5.91 Å². The number of rotatable bonds is 6. The molecule has 0 saturated carbocycles. The van der Waals surface area contributed by atoms with Crippen molar-refractivity contribution in [2.45, 2.75) is 33.7 Å². The van der Waals surface area contributed by atoms with Crippen LogP contribution in [0.4, 0.5) is 0 Å². The van der Waals surface area contributed by atoms with Crippen molar-refractivity contribution >= 4 is 5.91 Å². The summed E-state index contributed by atoms with van der Waals surface area (Å²) in [5.41, 5.74) is 4.65. The van der Waals surface area contributed by atoms with E-state index in [1.807, 2.05) is 53.8 Å². The molecule has 1 aliphatic heterocycles. The number of nitrogens with zero attached hydrogens (tertiary/aromatic N) is 3. The summed E-state index contributed by atoms with van der Waals surface area (Å²) in [7, 11) is 0. The van der Waals surface area contributed by atoms with Crippen LogP contribution in [0.25, 0.3) is 5.69 Å². The van der Waals surface area contributed by atoms with E-state index in [2.05, 4.69) is 24.2 Å². The van der Waals surface area contributed by atoms with E-state index in [4.69, 9.17) is 9.47 Å². The van der Waals surface area contributed by atoms with Gasteiger partial charge >= 0.3 is 0 Å². The number of benzene rings is 2. The van der Waals surface area contributed by atoms with Crippen LogP contribution < -0.4 is 9.47 Å². The van der Waals surface area contributed by atoms with Crippen LogP contribution in [0.1, 0.15) is 41.0 Å². The normalized spacial score (nSPS) is 12.6. The molecular formula is C24H27N3O3. The summed E-state index contributed by atoms with van der Waals surface area (Å²) >= 11 is 0. The largest absolute Gasteiger partial charge is 0.486 e. The molecule has 2 aromatic carbocycles. The minimum atomic E-state index is -0.0259. The van der Waals surface area contributed by atoms with Crippen LogP contribution in [0, 0.1) is 6.92 Å². The van der Waals surface area contributed by atoms with Gasteiger partial charge < -0.3 is 14.4 Å². The minimum absolute atomic E-state index is 0.0259. The van der Waals surface area contributed by atoms with Crippen LogP contribution in [-0.4, -0.2) is 40.3 Å². The van der Waals surface area contributed by atoms with Gasteiger partial charge in [0.25, 0.3) is 5.91 Å². The van der Waals surface area contributed by atoms with Crippen LogP contribution in [0.5, 0.6) is 11.5 Å². The number of carbonyl (C=O) groups is 1. The molecule has 0 unspecified atom stereocenters. The van der Waals surface area contributed by atoms with E-state index >= 15 is 0 Å². The molecule has 0 bridgehead atoms. The molecule has 0 atom stereocenters. The van der Waals surface area contributed by atoms with Gasteiger partial charge in [-0.3, -0.25) is 4.79 Å². The highest BCUT2D eigenvalue weighted by Gasteiger charge is 2.24. The maximum absolute atomic E-state index is 13.4. The first kappa shape index (κ1) is 20.0. The Morgan fingerprint density at radius 3 is 2.60 bits per heavy atom. The van der Waals surface area contributed by atoms with E-state index < -0.39 is 0 Å². The molecule has 1 aliphatic rings. The predicted molar refractivity (Wildman–Crippen MR) is 116 cm³/mol. The first-order valence-corrected chi connectivity index (χ1v) is 10.4. The van der Waals surface area contributed by atoms with Gasteiger partial charge in [-0.1, -0.05) is 36.8 Å². The molecule has 1 aromatic heterocycles. The molecule has 0 N–H and O–H groups in total. The van der Waals surface area contributed by atoms with Crippen LogP contribution in [0.3, 0.4) is 0 Å². The quantitative estimate of drug-likeness (QED) is 0.617. The molecule has 156 valence electrons. The number of ether oxygens (including phenoxy) is 2. The topological polar surface area (TPSA) is 56.6 Å². The standard InChI is InChI=1S/C24H27N3O3/c1-4-21-20(15-25-27(21)19-11-9-17(3)10-12-19)24(28)26(5-2)16-18-7-6-8-22-23(18)30-14-13-29-22/h6-12,15H,4-5,13-14,16H2,1-3H3. The monoisotopic (exact) mass is 405 g/mol. The van der Waals surface area contributed by atoms with Crippen molar-refractivity contribution in [1.82, 2.24) is 14.7 Å². The van der Waals surface area contributed by atoms with Gasteiger partial charge in [-0.05, 0) is 38.5 Å². The summed E-state index contributed by atoms with van der Waals surface area (Å²) in [5, 5.41) is 4.53. The first-order chi connectivity index (χ1) is 14.6. The molecule has 0 saturated heterocycles. The van der Waals surface area contributed by atoms with Crippen LogP contribution in [0.15, 0.2) is 48.7 Å². The summed E-state index contributed by atoms with van der Waals surface area (Å²) < 4.78 is 13.4. The Morgan fingerprint density at radius 2 is 1.87 bits per heavy atom. The zero-order valence-electron chi connectivity index (χ0n) is 17.7. The minimum Gasteiger partial charge on any atom is -0.486 e. The van der Waals surface area contributed by atoms with Crippen molar-refractivity contribution in [1.29, 1.82) is 0 Å². The predicted octanol–water partition coefficient (Wildman–Crippen LogP) is 4.18. The Kier molecular flexibility index (Phi) is 5.74. The SMILES string of the molecule is CCc1c(C(=O)N(CC)Cc2cccc3c2OCCO3)cnn1-c1ccc(C)cc1. The molecule has 4 rings (SSSR count). The van der Waals surface area contributed by atoms with Gasteiger partial charge in [0.05, 0.1) is 23.1 Å². The Morgan fingerprint density at radius 1 is 1.10 bits per heavy atom. The Bertz CT molecular complexity index is 1040. The third kappa shape index (κ3) is 3.77. The maximum atomic E-state index is 13.4. The molecular weight excluding hydrogens is 378 g/mol. The summed E-state index contributed by atoms with van der Waals surface area (Å²) in [6.45, 7) is 8.20. The second kappa shape index (κ2) is 8.61.